The zero-order valence-corrected chi connectivity index (χ0v) is 10.7. The van der Waals surface area contributed by atoms with Gasteiger partial charge in [0.15, 0.2) is 11.5 Å². The van der Waals surface area contributed by atoms with Gasteiger partial charge in [0.1, 0.15) is 4.88 Å². The van der Waals surface area contributed by atoms with Gasteiger partial charge in [-0.25, -0.2) is 0 Å². The number of rotatable bonds is 2. The number of carbonyl (C=O) groups excluding carboxylic acids is 1. The van der Waals surface area contributed by atoms with E-state index in [-0.39, 0.29) is 11.5 Å². The van der Waals surface area contributed by atoms with Crippen molar-refractivity contribution in [3.63, 3.8) is 0 Å². The summed E-state index contributed by atoms with van der Waals surface area (Å²) in [5.41, 5.74) is 6.30. The number of hydrogen-bond donors (Lipinski definition) is 2. The Morgan fingerprint density at radius 1 is 1.25 bits per heavy atom. The Morgan fingerprint density at radius 3 is 2.70 bits per heavy atom. The highest BCUT2D eigenvalue weighted by molar-refractivity contribution is 7.12. The van der Waals surface area contributed by atoms with Gasteiger partial charge in [-0.05, 0) is 23.6 Å². The van der Waals surface area contributed by atoms with Gasteiger partial charge in [0.25, 0.3) is 5.91 Å². The molecule has 0 saturated carbocycles. The molecule has 1 aromatic heterocycles. The summed E-state index contributed by atoms with van der Waals surface area (Å²) in [7, 11) is 0. The van der Waals surface area contributed by atoms with Gasteiger partial charge in [-0.15, -0.1) is 20.1 Å². The highest BCUT2D eigenvalue weighted by Gasteiger charge is 2.43. The fourth-order valence-corrected chi connectivity index (χ4v) is 2.43. The fraction of sp³-hybridized carbons (Fsp3) is 0.0833. The predicted octanol–water partition coefficient (Wildman–Crippen LogP) is 2.90. The van der Waals surface area contributed by atoms with Crippen LogP contribution in [0.25, 0.3) is 0 Å². The molecule has 2 aromatic rings. The molecule has 0 atom stereocenters. The molecule has 104 valence electrons. The van der Waals surface area contributed by atoms with Crippen LogP contribution in [0.3, 0.4) is 0 Å². The molecule has 0 unspecified atom stereocenters. The van der Waals surface area contributed by atoms with Crippen LogP contribution < -0.4 is 20.5 Å². The fourth-order valence-electron chi connectivity index (χ4n) is 1.72. The van der Waals surface area contributed by atoms with Crippen molar-refractivity contribution in [1.82, 2.24) is 0 Å². The van der Waals surface area contributed by atoms with Gasteiger partial charge >= 0.3 is 6.29 Å². The smallest absolute Gasteiger partial charge is 0.397 e. The molecule has 0 aliphatic carbocycles. The maximum atomic E-state index is 12.9. The molecule has 1 aliphatic rings. The minimum Gasteiger partial charge on any atom is -0.397 e. The van der Waals surface area contributed by atoms with E-state index in [4.69, 9.17) is 5.73 Å². The van der Waals surface area contributed by atoms with Crippen molar-refractivity contribution in [2.24, 2.45) is 0 Å². The minimum atomic E-state index is -3.68. The lowest BCUT2D eigenvalue weighted by atomic mass is 10.2. The number of amides is 1. The Hall–Kier alpha value is -2.35. The maximum Gasteiger partial charge on any atom is 0.586 e. The van der Waals surface area contributed by atoms with E-state index >= 15 is 0 Å². The Morgan fingerprint density at radius 2 is 2.00 bits per heavy atom. The molecule has 2 heterocycles. The first-order valence-electron chi connectivity index (χ1n) is 5.49. The molecule has 20 heavy (non-hydrogen) atoms. The number of anilines is 2. The summed E-state index contributed by atoms with van der Waals surface area (Å²) in [5.74, 6) is -0.626. The van der Waals surface area contributed by atoms with Crippen molar-refractivity contribution in [2.45, 2.75) is 6.29 Å². The van der Waals surface area contributed by atoms with Crippen LogP contribution >= 0.6 is 11.3 Å². The summed E-state index contributed by atoms with van der Waals surface area (Å²) < 4.78 is 34.3. The van der Waals surface area contributed by atoms with Crippen LogP contribution in [0.15, 0.2) is 29.6 Å². The molecule has 1 aromatic carbocycles. The minimum absolute atomic E-state index is 0.0800. The summed E-state index contributed by atoms with van der Waals surface area (Å²) in [4.78, 5) is 12.3. The molecular formula is C12H8F2N2O3S. The summed E-state index contributed by atoms with van der Waals surface area (Å²) in [6.45, 7) is 0. The third-order valence-corrected chi connectivity index (χ3v) is 3.49. The van der Waals surface area contributed by atoms with Gasteiger partial charge in [-0.2, -0.15) is 0 Å². The molecule has 1 amide bonds. The topological polar surface area (TPSA) is 73.6 Å². The van der Waals surface area contributed by atoms with Gasteiger partial charge < -0.3 is 20.5 Å². The molecule has 0 saturated heterocycles. The van der Waals surface area contributed by atoms with Crippen LogP contribution in [0.4, 0.5) is 20.2 Å². The number of thiophene rings is 1. The predicted molar refractivity (Wildman–Crippen MR) is 69.3 cm³/mol. The molecule has 0 spiro atoms. The van der Waals surface area contributed by atoms with Crippen molar-refractivity contribution in [1.29, 1.82) is 0 Å². The molecule has 1 aliphatic heterocycles. The van der Waals surface area contributed by atoms with Crippen molar-refractivity contribution in [2.75, 3.05) is 11.1 Å². The summed E-state index contributed by atoms with van der Waals surface area (Å²) in [6.07, 6.45) is -3.68. The first kappa shape index (κ1) is 12.7. The quantitative estimate of drug-likeness (QED) is 0.894. The second kappa shape index (κ2) is 4.34. The molecular weight excluding hydrogens is 290 g/mol. The first-order chi connectivity index (χ1) is 9.44. The zero-order chi connectivity index (χ0) is 14.3. The number of nitrogens with two attached hydrogens (primary N) is 1. The van der Waals surface area contributed by atoms with E-state index < -0.39 is 12.2 Å². The van der Waals surface area contributed by atoms with Gasteiger partial charge in [0, 0.05) is 11.8 Å². The lowest BCUT2D eigenvalue weighted by molar-refractivity contribution is -0.286. The zero-order valence-electron chi connectivity index (χ0n) is 9.85. The van der Waals surface area contributed by atoms with E-state index in [0.29, 0.717) is 16.3 Å². The molecule has 3 N–H and O–H groups in total. The second-order valence-electron chi connectivity index (χ2n) is 3.99. The Bertz CT molecular complexity index is 687. The van der Waals surface area contributed by atoms with Crippen molar-refractivity contribution in [3.8, 4) is 11.5 Å². The largest absolute Gasteiger partial charge is 0.586 e. The number of halogens is 2. The van der Waals surface area contributed by atoms with E-state index in [1.54, 1.807) is 11.4 Å². The molecule has 8 heteroatoms. The Balaban J connectivity index is 1.80. The molecule has 5 nitrogen and oxygen atoms in total. The SMILES string of the molecule is Nc1ccsc1C(=O)Nc1ccc2c(c1)OC(F)(F)O2. The van der Waals surface area contributed by atoms with E-state index in [9.17, 15) is 13.6 Å². The van der Waals surface area contributed by atoms with Gasteiger partial charge in [0.05, 0.1) is 5.69 Å². The second-order valence-corrected chi connectivity index (χ2v) is 4.90. The van der Waals surface area contributed by atoms with Gasteiger partial charge in [-0.3, -0.25) is 4.79 Å². The number of hydrogen-bond acceptors (Lipinski definition) is 5. The third kappa shape index (κ3) is 2.25. The van der Waals surface area contributed by atoms with Crippen LogP contribution in [0.5, 0.6) is 11.5 Å². The van der Waals surface area contributed by atoms with Crippen molar-refractivity contribution < 1.29 is 23.0 Å². The molecule has 0 fully saturated rings. The number of fused-ring (bicyclic) bond motifs is 1. The van der Waals surface area contributed by atoms with Crippen LogP contribution in [0, 0.1) is 0 Å². The highest BCUT2D eigenvalue weighted by atomic mass is 32.1. The van der Waals surface area contributed by atoms with Crippen LogP contribution in [0.1, 0.15) is 9.67 Å². The Labute approximate surface area is 115 Å². The van der Waals surface area contributed by atoms with Gasteiger partial charge in [0.2, 0.25) is 0 Å². The number of benzene rings is 1. The van der Waals surface area contributed by atoms with E-state index in [2.05, 4.69) is 14.8 Å². The summed E-state index contributed by atoms with van der Waals surface area (Å²) in [5, 5.41) is 4.24. The number of nitrogen functional groups attached to an aromatic ring is 1. The molecule has 0 radical (unpaired) electrons. The van der Waals surface area contributed by atoms with Crippen LogP contribution in [-0.2, 0) is 0 Å². The number of nitrogens with one attached hydrogen (secondary N) is 1. The lowest BCUT2D eigenvalue weighted by Crippen LogP contribution is -2.25. The Kier molecular flexibility index (Phi) is 2.75. The van der Waals surface area contributed by atoms with E-state index in [1.807, 2.05) is 0 Å². The number of alkyl halides is 2. The number of ether oxygens (including phenoxy) is 2. The monoisotopic (exact) mass is 298 g/mol. The number of carbonyl (C=O) groups is 1. The highest BCUT2D eigenvalue weighted by Crippen LogP contribution is 2.42. The standard InChI is InChI=1S/C12H8F2N2O3S/c13-12(14)18-8-2-1-6(5-9(8)19-12)16-11(17)10-7(15)3-4-20-10/h1-5H,15H2,(H,16,17). The van der Waals surface area contributed by atoms with E-state index in [0.717, 1.165) is 0 Å². The van der Waals surface area contributed by atoms with Crippen LogP contribution in [-0.4, -0.2) is 12.2 Å². The van der Waals surface area contributed by atoms with Gasteiger partial charge in [-0.1, -0.05) is 0 Å². The average Bonchev–Trinajstić information content (AvgIpc) is 2.90. The summed E-state index contributed by atoms with van der Waals surface area (Å²) >= 11 is 1.19. The van der Waals surface area contributed by atoms with Crippen molar-refractivity contribution in [3.05, 3.63) is 34.5 Å². The normalized spacial score (nSPS) is 15.1. The summed E-state index contributed by atoms with van der Waals surface area (Å²) in [6, 6.07) is 5.60. The molecule has 3 rings (SSSR count). The lowest BCUT2D eigenvalue weighted by Gasteiger charge is -2.05. The average molecular weight is 298 g/mol. The third-order valence-electron chi connectivity index (χ3n) is 2.56. The first-order valence-corrected chi connectivity index (χ1v) is 6.37. The maximum absolute atomic E-state index is 12.9. The van der Waals surface area contributed by atoms with E-state index in [1.165, 1.54) is 29.5 Å². The van der Waals surface area contributed by atoms with Crippen LogP contribution in [0.2, 0.25) is 0 Å². The van der Waals surface area contributed by atoms with Crippen molar-refractivity contribution >= 4 is 28.6 Å². The molecule has 0 bridgehead atoms.